The van der Waals surface area contributed by atoms with Gasteiger partial charge in [-0.15, -0.1) is 11.3 Å². The van der Waals surface area contributed by atoms with E-state index in [1.807, 2.05) is 23.6 Å². The van der Waals surface area contributed by atoms with Crippen LogP contribution in [0.1, 0.15) is 54.7 Å². The van der Waals surface area contributed by atoms with Crippen molar-refractivity contribution >= 4 is 46.3 Å². The Morgan fingerprint density at radius 1 is 0.712 bits per heavy atom. The molecule has 4 amide bonds. The van der Waals surface area contributed by atoms with Gasteiger partial charge < -0.3 is 31.0 Å². The van der Waals surface area contributed by atoms with Gasteiger partial charge in [0.15, 0.2) is 16.5 Å². The second kappa shape index (κ2) is 17.0. The van der Waals surface area contributed by atoms with Gasteiger partial charge in [-0.3, -0.25) is 34.2 Å². The summed E-state index contributed by atoms with van der Waals surface area (Å²) < 4.78 is 5.90. The predicted octanol–water partition coefficient (Wildman–Crippen LogP) is 2.96. The van der Waals surface area contributed by atoms with Crippen molar-refractivity contribution < 1.29 is 23.9 Å². The lowest BCUT2D eigenvalue weighted by Crippen LogP contribution is -2.32. The molecular weight excluding hydrogens is 711 g/mol. The van der Waals surface area contributed by atoms with Gasteiger partial charge in [0.2, 0.25) is 0 Å². The maximum Gasteiger partial charge on any atom is 0.271 e. The number of hydrogen-bond acceptors (Lipinski definition) is 12. The third-order valence-electron chi connectivity index (χ3n) is 7.25. The minimum atomic E-state index is -0.545. The topological polar surface area (TPSA) is 242 Å². The first kappa shape index (κ1) is 35.4. The van der Waals surface area contributed by atoms with Gasteiger partial charge in [-0.05, 0) is 60.7 Å². The van der Waals surface area contributed by atoms with Crippen molar-refractivity contribution in [2.75, 3.05) is 26.2 Å². The highest BCUT2D eigenvalue weighted by Gasteiger charge is 2.15. The molecule has 0 aromatic carbocycles. The van der Waals surface area contributed by atoms with Crippen LogP contribution in [0.3, 0.4) is 0 Å². The summed E-state index contributed by atoms with van der Waals surface area (Å²) in [5.41, 5.74) is 1.49. The first-order valence-electron chi connectivity index (χ1n) is 15.9. The molecule has 6 aromatic rings. The van der Waals surface area contributed by atoms with Gasteiger partial charge in [0.25, 0.3) is 29.2 Å². The molecule has 17 nitrogen and oxygen atoms in total. The Morgan fingerprint density at radius 3 is 1.94 bits per heavy atom. The lowest BCUT2D eigenvalue weighted by Gasteiger charge is -2.07. The molecule has 7 N–H and O–H groups in total. The number of aromatic amines is 3. The average molecular weight is 742 g/mol. The van der Waals surface area contributed by atoms with Crippen LogP contribution in [0, 0.1) is 0 Å². The fourth-order valence-electron chi connectivity index (χ4n) is 4.63. The van der Waals surface area contributed by atoms with E-state index in [4.69, 9.17) is 4.74 Å². The predicted molar refractivity (Wildman–Crippen MR) is 192 cm³/mol. The molecule has 0 saturated carbocycles. The third-order valence-corrected chi connectivity index (χ3v) is 9.15. The van der Waals surface area contributed by atoms with Gasteiger partial charge in [0.05, 0.1) is 33.7 Å². The molecule has 0 bridgehead atoms. The monoisotopic (exact) mass is 741 g/mol. The molecule has 0 spiro atoms. The zero-order chi connectivity index (χ0) is 36.3. The van der Waals surface area contributed by atoms with Gasteiger partial charge >= 0.3 is 0 Å². The number of carbonyl (C=O) groups is 4. The molecule has 6 rings (SSSR count). The van der Waals surface area contributed by atoms with Gasteiger partial charge in [-0.25, -0.2) is 9.97 Å². The van der Waals surface area contributed by atoms with Crippen molar-refractivity contribution in [1.29, 1.82) is 0 Å². The number of nitrogens with zero attached hydrogens (tertiary/aromatic N) is 4. The lowest BCUT2D eigenvalue weighted by atomic mass is 10.3. The van der Waals surface area contributed by atoms with Gasteiger partial charge in [-0.1, -0.05) is 17.4 Å². The summed E-state index contributed by atoms with van der Waals surface area (Å²) in [6.07, 6.45) is 4.79. The minimum Gasteiger partial charge on any atom is -0.445 e. The number of nitrogens with one attached hydrogen (secondary N) is 7. The van der Waals surface area contributed by atoms with Crippen LogP contribution in [-0.2, 0) is 0 Å². The summed E-state index contributed by atoms with van der Waals surface area (Å²) in [7, 11) is 0. The summed E-state index contributed by atoms with van der Waals surface area (Å²) in [5, 5.41) is 27.3. The van der Waals surface area contributed by atoms with E-state index in [1.165, 1.54) is 30.1 Å². The van der Waals surface area contributed by atoms with Crippen LogP contribution in [0.4, 0.5) is 0 Å². The molecule has 266 valence electrons. The number of H-pyrrole nitrogens is 3. The zero-order valence-electron chi connectivity index (χ0n) is 27.2. The summed E-state index contributed by atoms with van der Waals surface area (Å²) in [4.78, 5) is 73.3. The van der Waals surface area contributed by atoms with Crippen LogP contribution in [0.25, 0.3) is 21.1 Å². The number of rotatable bonds is 16. The van der Waals surface area contributed by atoms with E-state index in [0.29, 0.717) is 48.1 Å². The molecule has 0 aliphatic carbocycles. The molecule has 0 fully saturated rings. The number of ether oxygens (including phenoxy) is 1. The third kappa shape index (κ3) is 9.20. The molecule has 52 heavy (non-hydrogen) atoms. The highest BCUT2D eigenvalue weighted by molar-refractivity contribution is 7.17. The molecule has 0 saturated heterocycles. The number of amides is 4. The van der Waals surface area contributed by atoms with E-state index in [0.717, 1.165) is 15.4 Å². The maximum absolute atomic E-state index is 12.6. The van der Waals surface area contributed by atoms with Gasteiger partial charge in [0.1, 0.15) is 17.0 Å². The smallest absolute Gasteiger partial charge is 0.271 e. The second-order valence-corrected chi connectivity index (χ2v) is 12.9. The zero-order valence-corrected chi connectivity index (χ0v) is 28.9. The van der Waals surface area contributed by atoms with Crippen molar-refractivity contribution in [3.05, 3.63) is 106 Å². The van der Waals surface area contributed by atoms with Crippen molar-refractivity contribution in [2.45, 2.75) is 12.8 Å². The molecule has 6 heterocycles. The average Bonchev–Trinajstić information content (AvgIpc) is 3.99. The Kier molecular flexibility index (Phi) is 11.5. The number of pyridine rings is 1. The Hall–Kier alpha value is -6.47. The number of hydrogen-bond donors (Lipinski definition) is 7. The van der Waals surface area contributed by atoms with Crippen LogP contribution < -0.4 is 31.6 Å². The Balaban J connectivity index is 0.884. The lowest BCUT2D eigenvalue weighted by molar-refractivity contribution is 0.0931. The number of thiophene rings is 2. The minimum absolute atomic E-state index is 0.0869. The fourth-order valence-corrected chi connectivity index (χ4v) is 6.16. The van der Waals surface area contributed by atoms with E-state index in [1.54, 1.807) is 41.7 Å². The number of carbonyl (C=O) groups excluding carboxylic acids is 4. The largest absolute Gasteiger partial charge is 0.445 e. The van der Waals surface area contributed by atoms with Crippen molar-refractivity contribution in [2.24, 2.45) is 0 Å². The van der Waals surface area contributed by atoms with E-state index in [9.17, 15) is 24.0 Å². The summed E-state index contributed by atoms with van der Waals surface area (Å²) in [6.45, 7) is 1.22. The molecule has 0 aliphatic rings. The highest BCUT2D eigenvalue weighted by atomic mass is 32.1. The van der Waals surface area contributed by atoms with Gasteiger partial charge in [-0.2, -0.15) is 10.2 Å². The molecular formula is C33H31N11O6S2. The highest BCUT2D eigenvalue weighted by Crippen LogP contribution is 2.35. The normalized spacial score (nSPS) is 10.8. The van der Waals surface area contributed by atoms with Crippen molar-refractivity contribution in [3.63, 3.8) is 0 Å². The standard InChI is InChI=1S/C33H31N11O6S2/c45-29(20-17-34-18-40-30(20)46)35-9-2-11-37-33(49)25-15-23(42-44-25)27-7-8-28(52-27)50-19-5-6-21(39-16-19)31(47)36-10-3-12-38-32(48)24-14-22(41-43-24)26-4-1-13-51-26/h1,4-8,13-18H,2-3,9-12H2,(H,35,45)(H,36,47)(H,37,49)(H,38,48)(H,41,43)(H,42,44)(H,34,40,46). The molecule has 19 heteroatoms. The van der Waals surface area contributed by atoms with Crippen molar-refractivity contribution in [3.8, 4) is 32.0 Å². The first-order valence-corrected chi connectivity index (χ1v) is 17.6. The quantitative estimate of drug-likeness (QED) is 0.0716. The van der Waals surface area contributed by atoms with Gasteiger partial charge in [0, 0.05) is 32.4 Å². The first-order chi connectivity index (χ1) is 25.3. The fraction of sp³-hybridized carbons (Fsp3) is 0.182. The maximum atomic E-state index is 12.6. The second-order valence-electron chi connectivity index (χ2n) is 10.9. The van der Waals surface area contributed by atoms with Crippen LogP contribution in [0.2, 0.25) is 0 Å². The molecule has 0 radical (unpaired) electrons. The van der Waals surface area contributed by atoms with E-state index in [2.05, 4.69) is 56.6 Å². The van der Waals surface area contributed by atoms with Crippen LogP contribution >= 0.6 is 22.7 Å². The SMILES string of the molecule is O=C(NCCCNC(=O)c1cc(-c2cccs2)[nH]n1)c1ccc(Oc2ccc(-c3cc(C(=O)NCCCNC(=O)c4cnc[nH]c4=O)n[nH]3)s2)cn1. The van der Waals surface area contributed by atoms with Crippen molar-refractivity contribution in [1.82, 2.24) is 56.6 Å². The van der Waals surface area contributed by atoms with Crippen LogP contribution in [0.15, 0.2) is 77.4 Å². The summed E-state index contributed by atoms with van der Waals surface area (Å²) in [6, 6.07) is 14.0. The van der Waals surface area contributed by atoms with E-state index < -0.39 is 11.5 Å². The molecule has 6 aromatic heterocycles. The molecule has 0 unspecified atom stereocenters. The Labute approximate surface area is 302 Å². The number of aromatic nitrogens is 7. The van der Waals surface area contributed by atoms with E-state index >= 15 is 0 Å². The summed E-state index contributed by atoms with van der Waals surface area (Å²) >= 11 is 2.87. The van der Waals surface area contributed by atoms with Crippen LogP contribution in [-0.4, -0.2) is 85.2 Å². The van der Waals surface area contributed by atoms with Crippen LogP contribution in [0.5, 0.6) is 10.8 Å². The Morgan fingerprint density at radius 2 is 1.35 bits per heavy atom. The summed E-state index contributed by atoms with van der Waals surface area (Å²) in [5.74, 6) is -1.15. The Bertz CT molecular complexity index is 2210. The molecule has 0 aliphatic heterocycles. The molecule has 0 atom stereocenters. The van der Waals surface area contributed by atoms with E-state index in [-0.39, 0.29) is 47.8 Å².